The Labute approximate surface area is 97.4 Å². The van der Waals surface area contributed by atoms with Crippen molar-refractivity contribution < 1.29 is 14.6 Å². The first-order chi connectivity index (χ1) is 6.08. The number of rotatable bonds is 3. The van der Waals surface area contributed by atoms with Crippen LogP contribution in [0.15, 0.2) is 22.7 Å². The molecule has 3 nitrogen and oxygen atoms in total. The molecule has 0 fully saturated rings. The zero-order valence-corrected chi connectivity index (χ0v) is 10.2. The van der Waals surface area contributed by atoms with Gasteiger partial charge < -0.3 is 9.84 Å². The molecule has 5 heteroatoms. The number of aliphatic carboxylic acids is 1. The summed E-state index contributed by atoms with van der Waals surface area (Å²) in [4.78, 5) is 10.2. The van der Waals surface area contributed by atoms with Crippen molar-refractivity contribution in [2.45, 2.75) is 0 Å². The molecule has 13 heavy (non-hydrogen) atoms. The van der Waals surface area contributed by atoms with E-state index in [1.54, 1.807) is 12.1 Å². The Morgan fingerprint density at radius 1 is 1.54 bits per heavy atom. The Bertz CT molecular complexity index is 307. The molecule has 1 rings (SSSR count). The highest BCUT2D eigenvalue weighted by Gasteiger charge is 2.01. The Kier molecular flexibility index (Phi) is 3.98. The highest BCUT2D eigenvalue weighted by molar-refractivity contribution is 14.1. The molecule has 1 aromatic carbocycles. The maximum Gasteiger partial charge on any atom is 0.341 e. The molecule has 0 aliphatic heterocycles. The minimum Gasteiger partial charge on any atom is -0.482 e. The van der Waals surface area contributed by atoms with Crippen molar-refractivity contribution >= 4 is 44.5 Å². The summed E-state index contributed by atoms with van der Waals surface area (Å²) in [6.07, 6.45) is 0. The van der Waals surface area contributed by atoms with Crippen molar-refractivity contribution in [3.63, 3.8) is 0 Å². The van der Waals surface area contributed by atoms with Crippen molar-refractivity contribution in [3.05, 3.63) is 26.2 Å². The maximum absolute atomic E-state index is 10.2. The van der Waals surface area contributed by atoms with Gasteiger partial charge in [0.15, 0.2) is 6.61 Å². The lowest BCUT2D eigenvalue weighted by molar-refractivity contribution is -0.139. The van der Waals surface area contributed by atoms with Crippen LogP contribution in [0.5, 0.6) is 5.75 Å². The number of carbonyl (C=O) groups is 1. The van der Waals surface area contributed by atoms with E-state index in [1.807, 2.05) is 6.07 Å². The predicted octanol–water partition coefficient (Wildman–Crippen LogP) is 2.52. The number of benzene rings is 1. The molecule has 0 spiro atoms. The van der Waals surface area contributed by atoms with Crippen LogP contribution in [0.25, 0.3) is 0 Å². The van der Waals surface area contributed by atoms with E-state index in [1.165, 1.54) is 0 Å². The van der Waals surface area contributed by atoms with Gasteiger partial charge in [-0.25, -0.2) is 4.79 Å². The number of carboxylic acids is 1. The zero-order chi connectivity index (χ0) is 9.84. The summed E-state index contributed by atoms with van der Waals surface area (Å²) in [5.41, 5.74) is 0. The number of ether oxygens (including phenoxy) is 1. The number of carboxylic acid groups (broad SMARTS) is 1. The fourth-order valence-electron chi connectivity index (χ4n) is 0.757. The van der Waals surface area contributed by atoms with Crippen LogP contribution >= 0.6 is 38.5 Å². The first-order valence-corrected chi connectivity index (χ1v) is 5.26. The second-order valence-corrected chi connectivity index (χ2v) is 4.45. The van der Waals surface area contributed by atoms with Gasteiger partial charge in [-0.3, -0.25) is 0 Å². The first-order valence-electron chi connectivity index (χ1n) is 3.38. The topological polar surface area (TPSA) is 46.5 Å². The van der Waals surface area contributed by atoms with Gasteiger partial charge in [0.05, 0.1) is 0 Å². The van der Waals surface area contributed by atoms with E-state index in [2.05, 4.69) is 38.5 Å². The molecule has 1 N–H and O–H groups in total. The van der Waals surface area contributed by atoms with Crippen LogP contribution in [0, 0.1) is 3.57 Å². The van der Waals surface area contributed by atoms with Gasteiger partial charge in [0, 0.05) is 8.04 Å². The average Bonchev–Trinajstić information content (AvgIpc) is 1.99. The summed E-state index contributed by atoms with van der Waals surface area (Å²) in [7, 11) is 0. The highest BCUT2D eigenvalue weighted by Crippen LogP contribution is 2.22. The van der Waals surface area contributed by atoms with Gasteiger partial charge >= 0.3 is 5.97 Å². The lowest BCUT2D eigenvalue weighted by Crippen LogP contribution is -2.09. The molecule has 0 saturated heterocycles. The van der Waals surface area contributed by atoms with E-state index in [0.717, 1.165) is 8.04 Å². The zero-order valence-electron chi connectivity index (χ0n) is 6.46. The molecular formula is C8H6BrIO3. The fourth-order valence-corrected chi connectivity index (χ4v) is 2.30. The standard InChI is InChI=1S/C8H6BrIO3/c9-5-1-6(10)3-7(2-5)13-4-8(11)12/h1-3H,4H2,(H,11,12). The van der Waals surface area contributed by atoms with Gasteiger partial charge in [0.1, 0.15) is 5.75 Å². The van der Waals surface area contributed by atoms with Crippen molar-refractivity contribution in [1.29, 1.82) is 0 Å². The van der Waals surface area contributed by atoms with Gasteiger partial charge in [-0.15, -0.1) is 0 Å². The van der Waals surface area contributed by atoms with E-state index in [0.29, 0.717) is 5.75 Å². The Balaban J connectivity index is 2.71. The second kappa shape index (κ2) is 4.80. The molecule has 0 aromatic heterocycles. The molecule has 0 heterocycles. The van der Waals surface area contributed by atoms with Crippen LogP contribution in [-0.4, -0.2) is 17.7 Å². The van der Waals surface area contributed by atoms with Crippen LogP contribution in [0.1, 0.15) is 0 Å². The molecule has 0 atom stereocenters. The SMILES string of the molecule is O=C(O)COc1cc(Br)cc(I)c1. The third-order valence-electron chi connectivity index (χ3n) is 1.20. The van der Waals surface area contributed by atoms with Crippen molar-refractivity contribution in [3.8, 4) is 5.75 Å². The fraction of sp³-hybridized carbons (Fsp3) is 0.125. The summed E-state index contributed by atoms with van der Waals surface area (Å²) in [5, 5.41) is 8.37. The normalized spacial score (nSPS) is 9.69. The van der Waals surface area contributed by atoms with Crippen molar-refractivity contribution in [2.75, 3.05) is 6.61 Å². The first kappa shape index (κ1) is 10.8. The smallest absolute Gasteiger partial charge is 0.341 e. The third kappa shape index (κ3) is 3.95. The van der Waals surface area contributed by atoms with E-state index in [4.69, 9.17) is 9.84 Å². The molecule has 0 bridgehead atoms. The molecule has 0 radical (unpaired) electrons. The van der Waals surface area contributed by atoms with Crippen LogP contribution in [0.2, 0.25) is 0 Å². The van der Waals surface area contributed by atoms with Crippen molar-refractivity contribution in [2.24, 2.45) is 0 Å². The monoisotopic (exact) mass is 356 g/mol. The molecule has 1 aromatic rings. The Hall–Kier alpha value is -0.300. The summed E-state index contributed by atoms with van der Waals surface area (Å²) in [5.74, 6) is -0.420. The number of hydrogen-bond acceptors (Lipinski definition) is 2. The minimum atomic E-state index is -0.977. The minimum absolute atomic E-state index is 0.313. The van der Waals surface area contributed by atoms with Gasteiger partial charge in [0.2, 0.25) is 0 Å². The quantitative estimate of drug-likeness (QED) is 0.846. The lowest BCUT2D eigenvalue weighted by Gasteiger charge is -2.03. The molecule has 0 unspecified atom stereocenters. The van der Waals surface area contributed by atoms with E-state index < -0.39 is 5.97 Å². The highest BCUT2D eigenvalue weighted by atomic mass is 127. The molecule has 0 aliphatic rings. The van der Waals surface area contributed by atoms with Gasteiger partial charge in [-0.1, -0.05) is 15.9 Å². The molecule has 0 saturated carbocycles. The Morgan fingerprint density at radius 2 is 2.23 bits per heavy atom. The maximum atomic E-state index is 10.2. The molecule has 0 amide bonds. The summed E-state index contributed by atoms with van der Waals surface area (Å²) >= 11 is 5.42. The Morgan fingerprint density at radius 3 is 2.77 bits per heavy atom. The number of hydrogen-bond donors (Lipinski definition) is 1. The predicted molar refractivity (Wildman–Crippen MR) is 60.0 cm³/mol. The van der Waals surface area contributed by atoms with Crippen LogP contribution in [0.3, 0.4) is 0 Å². The lowest BCUT2D eigenvalue weighted by atomic mass is 10.3. The van der Waals surface area contributed by atoms with Gasteiger partial charge in [0.25, 0.3) is 0 Å². The van der Waals surface area contributed by atoms with E-state index in [-0.39, 0.29) is 6.61 Å². The average molecular weight is 357 g/mol. The van der Waals surface area contributed by atoms with Gasteiger partial charge in [-0.2, -0.15) is 0 Å². The summed E-state index contributed by atoms with van der Waals surface area (Å²) in [6.45, 7) is -0.313. The van der Waals surface area contributed by atoms with Crippen LogP contribution < -0.4 is 4.74 Å². The molecule has 70 valence electrons. The molecule has 0 aliphatic carbocycles. The molecular weight excluding hydrogens is 351 g/mol. The van der Waals surface area contributed by atoms with Crippen molar-refractivity contribution in [1.82, 2.24) is 0 Å². The van der Waals surface area contributed by atoms with Crippen LogP contribution in [0.4, 0.5) is 0 Å². The third-order valence-corrected chi connectivity index (χ3v) is 2.28. The largest absolute Gasteiger partial charge is 0.482 e. The van der Waals surface area contributed by atoms with E-state index >= 15 is 0 Å². The summed E-state index contributed by atoms with van der Waals surface area (Å²) in [6, 6.07) is 5.41. The van der Waals surface area contributed by atoms with E-state index in [9.17, 15) is 4.79 Å². The number of halogens is 2. The second-order valence-electron chi connectivity index (χ2n) is 2.29. The van der Waals surface area contributed by atoms with Crippen LogP contribution in [-0.2, 0) is 4.79 Å². The van der Waals surface area contributed by atoms with Gasteiger partial charge in [-0.05, 0) is 40.8 Å². The summed E-state index contributed by atoms with van der Waals surface area (Å²) < 4.78 is 6.86.